The summed E-state index contributed by atoms with van der Waals surface area (Å²) in [5.41, 5.74) is 1.16. The molecule has 0 saturated carbocycles. The fraction of sp³-hybridized carbons (Fsp3) is 0.684. The molecule has 6 nitrogen and oxygen atoms in total. The van der Waals surface area contributed by atoms with Gasteiger partial charge >= 0.3 is 0 Å². The first kappa shape index (κ1) is 16.9. The van der Waals surface area contributed by atoms with Gasteiger partial charge in [0, 0.05) is 57.6 Å². The van der Waals surface area contributed by atoms with Crippen LogP contribution in [-0.2, 0) is 20.8 Å². The Labute approximate surface area is 149 Å². The summed E-state index contributed by atoms with van der Waals surface area (Å²) in [6.45, 7) is 6.22. The van der Waals surface area contributed by atoms with Gasteiger partial charge in [-0.2, -0.15) is 0 Å². The average Bonchev–Trinajstić information content (AvgIpc) is 3.25. The second kappa shape index (κ2) is 7.40. The van der Waals surface area contributed by atoms with Gasteiger partial charge in [0.1, 0.15) is 6.61 Å². The van der Waals surface area contributed by atoms with Gasteiger partial charge in [0.25, 0.3) is 0 Å². The van der Waals surface area contributed by atoms with E-state index in [4.69, 9.17) is 9.47 Å². The lowest BCUT2D eigenvalue weighted by atomic mass is 9.81. The molecule has 0 N–H and O–H groups in total. The highest BCUT2D eigenvalue weighted by molar-refractivity contribution is 5.77. The molecule has 1 spiro atoms. The Morgan fingerprint density at radius 1 is 1.36 bits per heavy atom. The van der Waals surface area contributed by atoms with E-state index in [-0.39, 0.29) is 18.1 Å². The number of hydrogen-bond acceptors (Lipinski definition) is 5. The van der Waals surface area contributed by atoms with Gasteiger partial charge in [-0.05, 0) is 30.9 Å². The molecule has 3 saturated heterocycles. The summed E-state index contributed by atoms with van der Waals surface area (Å²) in [5.74, 6) is 0.529. The van der Waals surface area contributed by atoms with E-state index in [1.165, 1.54) is 5.56 Å². The Morgan fingerprint density at radius 2 is 2.20 bits per heavy atom. The summed E-state index contributed by atoms with van der Waals surface area (Å²) in [6, 6.07) is 4.09. The molecule has 3 fully saturated rings. The van der Waals surface area contributed by atoms with Gasteiger partial charge < -0.3 is 14.4 Å². The highest BCUT2D eigenvalue weighted by atomic mass is 16.5. The van der Waals surface area contributed by atoms with Crippen molar-refractivity contribution in [2.75, 3.05) is 46.0 Å². The van der Waals surface area contributed by atoms with Crippen LogP contribution in [-0.4, -0.2) is 72.3 Å². The maximum absolute atomic E-state index is 12.1. The zero-order valence-electron chi connectivity index (χ0n) is 14.7. The summed E-state index contributed by atoms with van der Waals surface area (Å²) in [7, 11) is 0. The van der Waals surface area contributed by atoms with Gasteiger partial charge in [-0.1, -0.05) is 6.07 Å². The van der Waals surface area contributed by atoms with Gasteiger partial charge in [-0.15, -0.1) is 0 Å². The van der Waals surface area contributed by atoms with E-state index >= 15 is 0 Å². The highest BCUT2D eigenvalue weighted by Gasteiger charge is 2.52. The SMILES string of the molecule is O=C(COCC1CCOC12CN(Cc1cccnc1)C2)N1CCCC1. The smallest absolute Gasteiger partial charge is 0.248 e. The topological polar surface area (TPSA) is 54.9 Å². The van der Waals surface area contributed by atoms with E-state index in [0.29, 0.717) is 12.5 Å². The van der Waals surface area contributed by atoms with Crippen molar-refractivity contribution in [1.29, 1.82) is 0 Å². The van der Waals surface area contributed by atoms with Crippen LogP contribution in [0.15, 0.2) is 24.5 Å². The van der Waals surface area contributed by atoms with Crippen LogP contribution >= 0.6 is 0 Å². The van der Waals surface area contributed by atoms with Crippen molar-refractivity contribution in [2.45, 2.75) is 31.4 Å². The molecule has 3 aliphatic rings. The van der Waals surface area contributed by atoms with Gasteiger partial charge in [0.2, 0.25) is 5.91 Å². The fourth-order valence-electron chi connectivity index (χ4n) is 4.29. The molecule has 1 aromatic rings. The van der Waals surface area contributed by atoms with Crippen LogP contribution in [0, 0.1) is 5.92 Å². The first-order chi connectivity index (χ1) is 12.3. The zero-order chi connectivity index (χ0) is 17.1. The maximum atomic E-state index is 12.1. The lowest BCUT2D eigenvalue weighted by Crippen LogP contribution is -2.64. The predicted octanol–water partition coefficient (Wildman–Crippen LogP) is 1.31. The lowest BCUT2D eigenvalue weighted by molar-refractivity contribution is -0.151. The molecular formula is C19H27N3O3. The number of amides is 1. The molecule has 1 atom stereocenters. The molecule has 6 heteroatoms. The van der Waals surface area contributed by atoms with E-state index in [0.717, 1.165) is 58.6 Å². The van der Waals surface area contributed by atoms with Crippen molar-refractivity contribution in [1.82, 2.24) is 14.8 Å². The second-order valence-electron chi connectivity index (χ2n) is 7.51. The third-order valence-corrected chi connectivity index (χ3v) is 5.71. The number of aromatic nitrogens is 1. The summed E-state index contributed by atoms with van der Waals surface area (Å²) in [6.07, 6.45) is 7.00. The van der Waals surface area contributed by atoms with Crippen LogP contribution in [0.5, 0.6) is 0 Å². The van der Waals surface area contributed by atoms with Gasteiger partial charge in [-0.3, -0.25) is 14.7 Å². The van der Waals surface area contributed by atoms with Crippen molar-refractivity contribution in [3.63, 3.8) is 0 Å². The van der Waals surface area contributed by atoms with Crippen molar-refractivity contribution in [2.24, 2.45) is 5.92 Å². The number of nitrogens with zero attached hydrogens (tertiary/aromatic N) is 3. The number of carbonyl (C=O) groups is 1. The minimum atomic E-state index is -0.0705. The van der Waals surface area contributed by atoms with E-state index in [2.05, 4.69) is 16.0 Å². The second-order valence-corrected chi connectivity index (χ2v) is 7.51. The first-order valence-corrected chi connectivity index (χ1v) is 9.36. The van der Waals surface area contributed by atoms with E-state index in [1.54, 1.807) is 6.20 Å². The molecule has 4 rings (SSSR count). The predicted molar refractivity (Wildman–Crippen MR) is 92.9 cm³/mol. The molecule has 4 heterocycles. The zero-order valence-corrected chi connectivity index (χ0v) is 14.7. The quantitative estimate of drug-likeness (QED) is 0.778. The fourth-order valence-corrected chi connectivity index (χ4v) is 4.29. The minimum absolute atomic E-state index is 0.0705. The number of likely N-dealkylation sites (tertiary alicyclic amines) is 2. The van der Waals surface area contributed by atoms with Crippen molar-refractivity contribution in [3.05, 3.63) is 30.1 Å². The van der Waals surface area contributed by atoms with Crippen molar-refractivity contribution < 1.29 is 14.3 Å². The van der Waals surface area contributed by atoms with E-state index in [9.17, 15) is 4.79 Å². The van der Waals surface area contributed by atoms with Crippen molar-refractivity contribution in [3.8, 4) is 0 Å². The third-order valence-electron chi connectivity index (χ3n) is 5.71. The number of hydrogen-bond donors (Lipinski definition) is 0. The van der Waals surface area contributed by atoms with Crippen LogP contribution in [0.25, 0.3) is 0 Å². The Morgan fingerprint density at radius 3 is 2.96 bits per heavy atom. The van der Waals surface area contributed by atoms with Crippen LogP contribution in [0.1, 0.15) is 24.8 Å². The maximum Gasteiger partial charge on any atom is 0.248 e. The molecule has 1 unspecified atom stereocenters. The van der Waals surface area contributed by atoms with Gasteiger partial charge in [-0.25, -0.2) is 0 Å². The normalized spacial score (nSPS) is 25.4. The number of carbonyl (C=O) groups excluding carboxylic acids is 1. The Hall–Kier alpha value is -1.50. The van der Waals surface area contributed by atoms with Crippen LogP contribution in [0.2, 0.25) is 0 Å². The Balaban J connectivity index is 1.22. The summed E-state index contributed by atoms with van der Waals surface area (Å²) >= 11 is 0. The molecule has 1 aromatic heterocycles. The van der Waals surface area contributed by atoms with E-state index in [1.807, 2.05) is 17.2 Å². The molecule has 25 heavy (non-hydrogen) atoms. The largest absolute Gasteiger partial charge is 0.372 e. The van der Waals surface area contributed by atoms with Crippen LogP contribution < -0.4 is 0 Å². The van der Waals surface area contributed by atoms with Crippen molar-refractivity contribution >= 4 is 5.91 Å². The molecule has 0 bridgehead atoms. The number of rotatable bonds is 6. The average molecular weight is 345 g/mol. The van der Waals surface area contributed by atoms with E-state index < -0.39 is 0 Å². The molecule has 0 aliphatic carbocycles. The van der Waals surface area contributed by atoms with Crippen LogP contribution in [0.4, 0.5) is 0 Å². The molecule has 0 aromatic carbocycles. The number of ether oxygens (including phenoxy) is 2. The van der Waals surface area contributed by atoms with Crippen LogP contribution in [0.3, 0.4) is 0 Å². The molecule has 0 radical (unpaired) electrons. The highest BCUT2D eigenvalue weighted by Crippen LogP contribution is 2.40. The third kappa shape index (κ3) is 3.71. The first-order valence-electron chi connectivity index (χ1n) is 9.36. The molecule has 1 amide bonds. The van der Waals surface area contributed by atoms with Gasteiger partial charge in [0.15, 0.2) is 0 Å². The molecule has 136 valence electrons. The molecular weight excluding hydrogens is 318 g/mol. The van der Waals surface area contributed by atoms with Gasteiger partial charge in [0.05, 0.1) is 12.2 Å². The number of pyridine rings is 1. The summed E-state index contributed by atoms with van der Waals surface area (Å²) < 4.78 is 11.9. The molecule has 3 aliphatic heterocycles. The Kier molecular flexibility index (Phi) is 5.01. The summed E-state index contributed by atoms with van der Waals surface area (Å²) in [4.78, 5) is 20.6. The Bertz CT molecular complexity index is 583. The minimum Gasteiger partial charge on any atom is -0.372 e. The summed E-state index contributed by atoms with van der Waals surface area (Å²) in [5, 5.41) is 0. The lowest BCUT2D eigenvalue weighted by Gasteiger charge is -2.50. The monoisotopic (exact) mass is 345 g/mol. The standard InChI is InChI=1S/C19H27N3O3/c23-18(22-7-1-2-8-22)13-24-12-17-5-9-25-19(17)14-21(15-19)11-16-4-3-6-20-10-16/h3-4,6,10,17H,1-2,5,7-9,11-15H2.